The average Bonchev–Trinajstić information content (AvgIpc) is 2.75. The van der Waals surface area contributed by atoms with E-state index >= 15 is 0 Å². The van der Waals surface area contributed by atoms with Crippen molar-refractivity contribution in [1.82, 2.24) is 16.0 Å². The number of carbonyl (C=O) groups excluding carboxylic acids is 1. The van der Waals surface area contributed by atoms with Crippen LogP contribution in [0.5, 0.6) is 0 Å². The lowest BCUT2D eigenvalue weighted by Crippen LogP contribution is -2.45. The molecule has 3 N–H and O–H groups in total. The van der Waals surface area contributed by atoms with E-state index < -0.39 is 0 Å². The average molecular weight is 380 g/mol. The van der Waals surface area contributed by atoms with Crippen molar-refractivity contribution in [3.63, 3.8) is 0 Å². The van der Waals surface area contributed by atoms with Crippen LogP contribution in [0.25, 0.3) is 0 Å². The lowest BCUT2D eigenvalue weighted by atomic mass is 9.88. The molecule has 1 fully saturated rings. The quantitative estimate of drug-likeness (QED) is 0.554. The standard InChI is InChI=1S/C24H33N3O/c28-24(27-22-13-7-17-26-19-22)14-8-16-25-18-15-23(20-9-3-1-4-10-20)21-11-5-2-6-12-21/h1-6,9-12,22-23,25-26H,7-8,13-19H2,(H,27,28)/t22-/m0/s1. The second kappa shape index (κ2) is 11.6. The minimum absolute atomic E-state index is 0.182. The third-order valence-electron chi connectivity index (χ3n) is 5.43. The van der Waals surface area contributed by atoms with Gasteiger partial charge in [-0.2, -0.15) is 0 Å². The van der Waals surface area contributed by atoms with E-state index in [1.807, 2.05) is 0 Å². The third-order valence-corrected chi connectivity index (χ3v) is 5.43. The number of nitrogens with one attached hydrogen (secondary N) is 3. The van der Waals surface area contributed by atoms with Crippen LogP contribution in [-0.4, -0.2) is 38.1 Å². The highest BCUT2D eigenvalue weighted by atomic mass is 16.1. The Balaban J connectivity index is 1.37. The van der Waals surface area contributed by atoms with Gasteiger partial charge in [0.2, 0.25) is 5.91 Å². The number of hydrogen-bond donors (Lipinski definition) is 3. The molecule has 1 saturated heterocycles. The number of carbonyl (C=O) groups is 1. The summed E-state index contributed by atoms with van der Waals surface area (Å²) in [5, 5.41) is 10.00. The van der Waals surface area contributed by atoms with Crippen molar-refractivity contribution in [3.05, 3.63) is 71.8 Å². The summed E-state index contributed by atoms with van der Waals surface area (Å²) >= 11 is 0. The molecule has 1 atom stereocenters. The van der Waals surface area contributed by atoms with Gasteiger partial charge in [0.05, 0.1) is 0 Å². The van der Waals surface area contributed by atoms with Crippen LogP contribution in [0.1, 0.15) is 49.1 Å². The van der Waals surface area contributed by atoms with Crippen LogP contribution in [0.4, 0.5) is 0 Å². The molecule has 2 aromatic carbocycles. The first-order chi connectivity index (χ1) is 13.8. The van der Waals surface area contributed by atoms with Gasteiger partial charge in [-0.1, -0.05) is 60.7 Å². The predicted molar refractivity (Wildman–Crippen MR) is 115 cm³/mol. The fourth-order valence-corrected chi connectivity index (χ4v) is 3.92. The summed E-state index contributed by atoms with van der Waals surface area (Å²) in [5.74, 6) is 0.582. The normalized spacial score (nSPS) is 16.8. The van der Waals surface area contributed by atoms with Crippen LogP contribution in [-0.2, 0) is 4.79 Å². The topological polar surface area (TPSA) is 53.2 Å². The molecule has 1 amide bonds. The molecule has 0 unspecified atom stereocenters. The van der Waals surface area contributed by atoms with Crippen LogP contribution < -0.4 is 16.0 Å². The minimum atomic E-state index is 0.182. The van der Waals surface area contributed by atoms with Gasteiger partial charge in [0.1, 0.15) is 0 Å². The van der Waals surface area contributed by atoms with E-state index in [4.69, 9.17) is 0 Å². The fourth-order valence-electron chi connectivity index (χ4n) is 3.92. The predicted octanol–water partition coefficient (Wildman–Crippen LogP) is 3.45. The molecule has 0 saturated carbocycles. The van der Waals surface area contributed by atoms with Crippen molar-refractivity contribution >= 4 is 5.91 Å². The molecule has 1 aliphatic heterocycles. The van der Waals surface area contributed by atoms with Gasteiger partial charge >= 0.3 is 0 Å². The van der Waals surface area contributed by atoms with Gasteiger partial charge in [-0.15, -0.1) is 0 Å². The lowest BCUT2D eigenvalue weighted by molar-refractivity contribution is -0.122. The third kappa shape index (κ3) is 6.77. The first-order valence-corrected chi connectivity index (χ1v) is 10.6. The molecule has 4 heteroatoms. The van der Waals surface area contributed by atoms with Gasteiger partial charge in [0, 0.05) is 24.9 Å². The molecular formula is C24H33N3O. The first kappa shape index (κ1) is 20.6. The van der Waals surface area contributed by atoms with Crippen LogP contribution in [0.3, 0.4) is 0 Å². The van der Waals surface area contributed by atoms with Gasteiger partial charge in [-0.3, -0.25) is 4.79 Å². The largest absolute Gasteiger partial charge is 0.352 e. The van der Waals surface area contributed by atoms with E-state index in [-0.39, 0.29) is 5.91 Å². The Kier molecular flexibility index (Phi) is 8.54. The highest BCUT2D eigenvalue weighted by Gasteiger charge is 2.15. The molecule has 0 bridgehead atoms. The van der Waals surface area contributed by atoms with Crippen molar-refractivity contribution < 1.29 is 4.79 Å². The molecule has 150 valence electrons. The van der Waals surface area contributed by atoms with Crippen LogP contribution in [0.2, 0.25) is 0 Å². The van der Waals surface area contributed by atoms with Crippen LogP contribution in [0, 0.1) is 0 Å². The molecule has 0 spiro atoms. The second-order valence-corrected chi connectivity index (χ2v) is 7.63. The zero-order valence-corrected chi connectivity index (χ0v) is 16.7. The van der Waals surface area contributed by atoms with Crippen molar-refractivity contribution in [2.75, 3.05) is 26.2 Å². The van der Waals surface area contributed by atoms with Crippen molar-refractivity contribution in [2.24, 2.45) is 0 Å². The van der Waals surface area contributed by atoms with E-state index in [0.29, 0.717) is 18.4 Å². The SMILES string of the molecule is O=C(CCCNCCC(c1ccccc1)c1ccccc1)N[C@H]1CCCNC1. The van der Waals surface area contributed by atoms with Crippen molar-refractivity contribution in [3.8, 4) is 0 Å². The zero-order valence-electron chi connectivity index (χ0n) is 16.7. The molecule has 1 heterocycles. The smallest absolute Gasteiger partial charge is 0.220 e. The fraction of sp³-hybridized carbons (Fsp3) is 0.458. The molecule has 28 heavy (non-hydrogen) atoms. The summed E-state index contributed by atoms with van der Waals surface area (Å²) in [7, 11) is 0. The Morgan fingerprint density at radius 1 is 1.00 bits per heavy atom. The van der Waals surface area contributed by atoms with Gasteiger partial charge in [0.25, 0.3) is 0 Å². The molecular weight excluding hydrogens is 346 g/mol. The highest BCUT2D eigenvalue weighted by Crippen LogP contribution is 2.27. The van der Waals surface area contributed by atoms with Gasteiger partial charge < -0.3 is 16.0 Å². The van der Waals surface area contributed by atoms with Gasteiger partial charge in [-0.25, -0.2) is 0 Å². The second-order valence-electron chi connectivity index (χ2n) is 7.63. The van der Waals surface area contributed by atoms with Gasteiger partial charge in [-0.05, 0) is 56.4 Å². The summed E-state index contributed by atoms with van der Waals surface area (Å²) in [4.78, 5) is 12.1. The summed E-state index contributed by atoms with van der Waals surface area (Å²) < 4.78 is 0. The summed E-state index contributed by atoms with van der Waals surface area (Å²) in [6, 6.07) is 21.7. The number of benzene rings is 2. The Morgan fingerprint density at radius 2 is 1.68 bits per heavy atom. The number of hydrogen-bond acceptors (Lipinski definition) is 3. The molecule has 0 aromatic heterocycles. The molecule has 0 aliphatic carbocycles. The van der Waals surface area contributed by atoms with E-state index in [0.717, 1.165) is 51.9 Å². The Morgan fingerprint density at radius 3 is 2.29 bits per heavy atom. The number of piperidine rings is 1. The maximum atomic E-state index is 12.1. The Hall–Kier alpha value is -2.17. The summed E-state index contributed by atoms with van der Waals surface area (Å²) in [6.07, 6.45) is 4.78. The highest BCUT2D eigenvalue weighted by molar-refractivity contribution is 5.76. The maximum Gasteiger partial charge on any atom is 0.220 e. The van der Waals surface area contributed by atoms with Crippen LogP contribution in [0.15, 0.2) is 60.7 Å². The van der Waals surface area contributed by atoms with E-state index in [9.17, 15) is 4.79 Å². The summed E-state index contributed by atoms with van der Waals surface area (Å²) in [5.41, 5.74) is 2.71. The molecule has 3 rings (SSSR count). The molecule has 1 aliphatic rings. The zero-order chi connectivity index (χ0) is 19.4. The number of amides is 1. The van der Waals surface area contributed by atoms with E-state index in [1.54, 1.807) is 0 Å². The first-order valence-electron chi connectivity index (χ1n) is 10.6. The van der Waals surface area contributed by atoms with Crippen LogP contribution >= 0.6 is 0 Å². The lowest BCUT2D eigenvalue weighted by Gasteiger charge is -2.23. The molecule has 2 aromatic rings. The maximum absolute atomic E-state index is 12.1. The monoisotopic (exact) mass is 379 g/mol. The van der Waals surface area contributed by atoms with Gasteiger partial charge in [0.15, 0.2) is 0 Å². The van der Waals surface area contributed by atoms with E-state index in [2.05, 4.69) is 76.6 Å². The Bertz CT molecular complexity index is 644. The van der Waals surface area contributed by atoms with Crippen molar-refractivity contribution in [2.45, 2.75) is 44.1 Å². The summed E-state index contributed by atoms with van der Waals surface area (Å²) in [6.45, 7) is 3.81. The van der Waals surface area contributed by atoms with E-state index in [1.165, 1.54) is 11.1 Å². The minimum Gasteiger partial charge on any atom is -0.352 e. The molecule has 4 nitrogen and oxygen atoms in total. The van der Waals surface area contributed by atoms with Crippen molar-refractivity contribution in [1.29, 1.82) is 0 Å². The number of rotatable bonds is 10. The molecule has 0 radical (unpaired) electrons. The Labute approximate surface area is 169 Å².